The number of carbonyl (C=O) groups is 1. The second-order valence-corrected chi connectivity index (χ2v) is 2.35. The smallest absolute Gasteiger partial charge is 0.264 e. The molecule has 0 atom stereocenters. The molecule has 1 fully saturated rings. The molecule has 0 spiro atoms. The Kier molecular flexibility index (Phi) is 2.21. The van der Waals surface area contributed by atoms with Gasteiger partial charge >= 0.3 is 0 Å². The van der Waals surface area contributed by atoms with E-state index in [0.717, 1.165) is 6.54 Å². The van der Waals surface area contributed by atoms with Crippen molar-refractivity contribution in [3.05, 3.63) is 0 Å². The van der Waals surface area contributed by atoms with E-state index in [2.05, 4.69) is 0 Å². The Bertz CT molecular complexity index is 140. The van der Waals surface area contributed by atoms with Crippen LogP contribution in [0.15, 0.2) is 0 Å². The van der Waals surface area contributed by atoms with Crippen LogP contribution >= 0.6 is 0 Å². The van der Waals surface area contributed by atoms with E-state index in [1.54, 1.807) is 0 Å². The summed E-state index contributed by atoms with van der Waals surface area (Å²) in [6.07, 6.45) is 0. The van der Waals surface area contributed by atoms with Crippen molar-refractivity contribution in [1.29, 1.82) is 0 Å². The lowest BCUT2D eigenvalue weighted by Gasteiger charge is -2.27. The van der Waals surface area contributed by atoms with E-state index in [1.807, 2.05) is 11.8 Å². The van der Waals surface area contributed by atoms with Crippen molar-refractivity contribution in [3.63, 3.8) is 0 Å². The van der Waals surface area contributed by atoms with Crippen molar-refractivity contribution < 1.29 is 9.28 Å². The van der Waals surface area contributed by atoms with Crippen LogP contribution in [0, 0.1) is 0 Å². The summed E-state index contributed by atoms with van der Waals surface area (Å²) in [5, 5.41) is 0.284. The molecule has 0 saturated carbocycles. The number of nitrogens with zero attached hydrogens (tertiary/aromatic N) is 2. The average molecular weight is 146 g/mol. The molecular weight excluding hydrogens is 135 g/mol. The van der Waals surface area contributed by atoms with Gasteiger partial charge in [-0.25, -0.2) is 0 Å². The van der Waals surface area contributed by atoms with Crippen LogP contribution in [0.4, 0.5) is 4.48 Å². The van der Waals surface area contributed by atoms with Crippen molar-refractivity contribution in [2.24, 2.45) is 0 Å². The number of hydrogen-bond acceptors (Lipinski definition) is 2. The maximum absolute atomic E-state index is 12.3. The third-order valence-electron chi connectivity index (χ3n) is 1.69. The SMILES string of the molecule is CCN1CCN(F)C(=O)C1. The fraction of sp³-hybridized carbons (Fsp3) is 0.833. The molecule has 0 radical (unpaired) electrons. The highest BCUT2D eigenvalue weighted by Gasteiger charge is 2.21. The van der Waals surface area contributed by atoms with Gasteiger partial charge in [-0.2, -0.15) is 5.12 Å². The largest absolute Gasteiger partial charge is 0.293 e. The monoisotopic (exact) mass is 146 g/mol. The lowest BCUT2D eigenvalue weighted by molar-refractivity contribution is -0.153. The zero-order valence-corrected chi connectivity index (χ0v) is 6.01. The van der Waals surface area contributed by atoms with Gasteiger partial charge in [0.2, 0.25) is 0 Å². The molecule has 1 aliphatic heterocycles. The molecule has 0 aliphatic carbocycles. The molecule has 4 heteroatoms. The lowest BCUT2D eigenvalue weighted by atomic mass is 10.3. The van der Waals surface area contributed by atoms with Gasteiger partial charge in [0, 0.05) is 6.54 Å². The van der Waals surface area contributed by atoms with E-state index in [-0.39, 0.29) is 18.2 Å². The standard InChI is InChI=1S/C6H11FN2O/c1-2-8-3-4-9(7)6(10)5-8/h2-5H2,1H3. The summed E-state index contributed by atoms with van der Waals surface area (Å²) >= 11 is 0. The summed E-state index contributed by atoms with van der Waals surface area (Å²) in [6.45, 7) is 3.87. The van der Waals surface area contributed by atoms with Crippen molar-refractivity contribution in [2.45, 2.75) is 6.92 Å². The summed E-state index contributed by atoms with van der Waals surface area (Å²) in [5.74, 6) is -0.423. The molecule has 3 nitrogen and oxygen atoms in total. The van der Waals surface area contributed by atoms with Gasteiger partial charge in [-0.1, -0.05) is 11.4 Å². The number of rotatable bonds is 1. The maximum Gasteiger partial charge on any atom is 0.264 e. The van der Waals surface area contributed by atoms with Crippen LogP contribution in [0.25, 0.3) is 0 Å². The molecule has 0 aromatic heterocycles. The Hall–Kier alpha value is -0.640. The van der Waals surface area contributed by atoms with E-state index < -0.39 is 5.91 Å². The normalized spacial score (nSPS) is 21.8. The number of hydrogen-bond donors (Lipinski definition) is 0. The van der Waals surface area contributed by atoms with Crippen LogP contribution < -0.4 is 0 Å². The summed E-state index contributed by atoms with van der Waals surface area (Å²) in [6, 6.07) is 0. The molecule has 1 heterocycles. The summed E-state index contributed by atoms with van der Waals surface area (Å²) in [7, 11) is 0. The maximum atomic E-state index is 12.3. The molecule has 1 rings (SSSR count). The van der Waals surface area contributed by atoms with Gasteiger partial charge in [0.05, 0.1) is 13.1 Å². The van der Waals surface area contributed by atoms with Crippen molar-refractivity contribution in [1.82, 2.24) is 10.0 Å². The van der Waals surface area contributed by atoms with Gasteiger partial charge in [0.15, 0.2) is 0 Å². The van der Waals surface area contributed by atoms with Crippen LogP contribution in [0.5, 0.6) is 0 Å². The predicted molar refractivity (Wildman–Crippen MR) is 34.9 cm³/mol. The number of carbonyl (C=O) groups excluding carboxylic acids is 1. The average Bonchev–Trinajstić information content (AvgIpc) is 1.95. The first-order chi connectivity index (χ1) is 4.74. The van der Waals surface area contributed by atoms with Crippen LogP contribution in [0.3, 0.4) is 0 Å². The Morgan fingerprint density at radius 1 is 1.60 bits per heavy atom. The Morgan fingerprint density at radius 3 is 2.80 bits per heavy atom. The molecular formula is C6H11FN2O. The Labute approximate surface area is 59.3 Å². The molecule has 0 unspecified atom stereocenters. The molecule has 1 amide bonds. The molecule has 0 aromatic rings. The van der Waals surface area contributed by atoms with E-state index >= 15 is 0 Å². The number of piperazine rings is 1. The quantitative estimate of drug-likeness (QED) is 0.487. The van der Waals surface area contributed by atoms with Crippen molar-refractivity contribution >= 4 is 5.91 Å². The minimum Gasteiger partial charge on any atom is -0.293 e. The lowest BCUT2D eigenvalue weighted by Crippen LogP contribution is -2.46. The molecule has 58 valence electrons. The van der Waals surface area contributed by atoms with Gasteiger partial charge < -0.3 is 0 Å². The third-order valence-corrected chi connectivity index (χ3v) is 1.69. The van der Waals surface area contributed by atoms with Crippen LogP contribution in [-0.2, 0) is 4.79 Å². The molecule has 1 aliphatic rings. The highest BCUT2D eigenvalue weighted by Crippen LogP contribution is 2.01. The molecule has 0 N–H and O–H groups in total. The molecule has 0 aromatic carbocycles. The van der Waals surface area contributed by atoms with Gasteiger partial charge in [0.25, 0.3) is 5.91 Å². The fourth-order valence-corrected chi connectivity index (χ4v) is 0.971. The van der Waals surface area contributed by atoms with E-state index in [9.17, 15) is 9.28 Å². The van der Waals surface area contributed by atoms with Crippen molar-refractivity contribution in [2.75, 3.05) is 26.2 Å². The van der Waals surface area contributed by atoms with Gasteiger partial charge in [-0.05, 0) is 6.54 Å². The first kappa shape index (κ1) is 7.47. The zero-order valence-electron chi connectivity index (χ0n) is 6.01. The van der Waals surface area contributed by atoms with E-state index in [4.69, 9.17) is 0 Å². The second-order valence-electron chi connectivity index (χ2n) is 2.35. The van der Waals surface area contributed by atoms with Gasteiger partial charge in [0.1, 0.15) is 0 Å². The number of amides is 1. The minimum atomic E-state index is -0.423. The topological polar surface area (TPSA) is 23.6 Å². The molecule has 1 saturated heterocycles. The van der Waals surface area contributed by atoms with E-state index in [1.165, 1.54) is 0 Å². The summed E-state index contributed by atoms with van der Waals surface area (Å²) in [5.41, 5.74) is 0. The minimum absolute atomic E-state index is 0.215. The zero-order chi connectivity index (χ0) is 7.56. The molecule has 10 heavy (non-hydrogen) atoms. The summed E-state index contributed by atoms with van der Waals surface area (Å²) < 4.78 is 12.3. The van der Waals surface area contributed by atoms with E-state index in [0.29, 0.717) is 6.54 Å². The Morgan fingerprint density at radius 2 is 2.30 bits per heavy atom. The summed E-state index contributed by atoms with van der Waals surface area (Å²) in [4.78, 5) is 12.6. The van der Waals surface area contributed by atoms with Crippen LogP contribution in [-0.4, -0.2) is 42.1 Å². The highest BCUT2D eigenvalue weighted by molar-refractivity contribution is 5.77. The third kappa shape index (κ3) is 1.44. The number of likely N-dealkylation sites (N-methyl/N-ethyl adjacent to an activating group) is 1. The van der Waals surface area contributed by atoms with Gasteiger partial charge in [-0.3, -0.25) is 9.69 Å². The Balaban J connectivity index is 2.41. The molecule has 0 bridgehead atoms. The van der Waals surface area contributed by atoms with Crippen molar-refractivity contribution in [3.8, 4) is 0 Å². The first-order valence-corrected chi connectivity index (χ1v) is 3.42. The van der Waals surface area contributed by atoms with Crippen LogP contribution in [0.1, 0.15) is 6.92 Å². The predicted octanol–water partition coefficient (Wildman–Crippen LogP) is 0.0350. The highest BCUT2D eigenvalue weighted by atomic mass is 19.2. The number of halogens is 1. The van der Waals surface area contributed by atoms with Gasteiger partial charge in [-0.15, -0.1) is 0 Å². The second kappa shape index (κ2) is 2.96. The fourth-order valence-electron chi connectivity index (χ4n) is 0.971. The first-order valence-electron chi connectivity index (χ1n) is 3.42. The van der Waals surface area contributed by atoms with Crippen LogP contribution in [0.2, 0.25) is 0 Å².